The van der Waals surface area contributed by atoms with E-state index in [0.717, 1.165) is 5.69 Å². The van der Waals surface area contributed by atoms with E-state index >= 15 is 0 Å². The fourth-order valence-electron chi connectivity index (χ4n) is 1.80. The Morgan fingerprint density at radius 2 is 2.29 bits per heavy atom. The van der Waals surface area contributed by atoms with Gasteiger partial charge in [0.05, 0.1) is 5.75 Å². The van der Waals surface area contributed by atoms with Crippen molar-refractivity contribution in [3.05, 3.63) is 24.0 Å². The molecule has 1 aliphatic heterocycles. The van der Waals surface area contributed by atoms with Crippen LogP contribution in [0.1, 0.15) is 24.5 Å². The number of sulfone groups is 1. The first kappa shape index (κ1) is 10.1. The van der Waals surface area contributed by atoms with Crippen LogP contribution in [-0.4, -0.2) is 23.9 Å². The van der Waals surface area contributed by atoms with Crippen molar-refractivity contribution in [2.75, 3.05) is 5.75 Å². The number of aromatic amines is 1. The first-order chi connectivity index (χ1) is 6.59. The minimum Gasteiger partial charge on any atom is -0.365 e. The molecule has 0 saturated carbocycles. The van der Waals surface area contributed by atoms with Crippen LogP contribution in [0.4, 0.5) is 0 Å². The number of hydrogen-bond acceptors (Lipinski definition) is 2. The quantitative estimate of drug-likeness (QED) is 0.753. The minimum absolute atomic E-state index is 0.199. The first-order valence-corrected chi connectivity index (χ1v) is 6.74. The van der Waals surface area contributed by atoms with E-state index in [-0.39, 0.29) is 11.7 Å². The molecule has 3 nitrogen and oxygen atoms in total. The fourth-order valence-corrected chi connectivity index (χ4v) is 3.68. The monoisotopic (exact) mass is 233 g/mol. The highest BCUT2D eigenvalue weighted by Crippen LogP contribution is 2.33. The van der Waals surface area contributed by atoms with Crippen LogP contribution in [0, 0.1) is 0 Å². The molecule has 0 radical (unpaired) electrons. The van der Waals surface area contributed by atoms with Gasteiger partial charge in [-0.3, -0.25) is 0 Å². The number of aromatic nitrogens is 1. The molecule has 1 N–H and O–H groups in total. The summed E-state index contributed by atoms with van der Waals surface area (Å²) in [6.07, 6.45) is 3.04. The number of H-pyrrole nitrogens is 1. The summed E-state index contributed by atoms with van der Waals surface area (Å²) in [4.78, 5) is 3.10. The molecular weight excluding hydrogens is 222 g/mol. The largest absolute Gasteiger partial charge is 0.365 e. The van der Waals surface area contributed by atoms with Crippen LogP contribution in [0.15, 0.2) is 18.3 Å². The van der Waals surface area contributed by atoms with Gasteiger partial charge < -0.3 is 4.98 Å². The molecule has 1 aromatic heterocycles. The molecule has 2 heterocycles. The van der Waals surface area contributed by atoms with Crippen LogP contribution in [0.3, 0.4) is 0 Å². The molecule has 1 fully saturated rings. The van der Waals surface area contributed by atoms with Crippen molar-refractivity contribution in [1.82, 2.24) is 4.98 Å². The molecule has 5 heteroatoms. The van der Waals surface area contributed by atoms with Crippen molar-refractivity contribution in [1.29, 1.82) is 0 Å². The highest BCUT2D eigenvalue weighted by molar-refractivity contribution is 7.93. The van der Waals surface area contributed by atoms with Crippen LogP contribution in [0.5, 0.6) is 0 Å². The van der Waals surface area contributed by atoms with Gasteiger partial charge in [-0.2, -0.15) is 0 Å². The topological polar surface area (TPSA) is 49.9 Å². The van der Waals surface area contributed by atoms with Gasteiger partial charge in [-0.25, -0.2) is 8.42 Å². The molecule has 1 aliphatic rings. The van der Waals surface area contributed by atoms with Gasteiger partial charge in [0.15, 0.2) is 9.84 Å². The van der Waals surface area contributed by atoms with Gasteiger partial charge in [0, 0.05) is 17.8 Å². The summed E-state index contributed by atoms with van der Waals surface area (Å²) in [5.74, 6) is 0.459. The van der Waals surface area contributed by atoms with Crippen LogP contribution >= 0.6 is 11.6 Å². The molecule has 14 heavy (non-hydrogen) atoms. The molecule has 0 aliphatic carbocycles. The van der Waals surface area contributed by atoms with Gasteiger partial charge in [-0.15, -0.1) is 11.6 Å². The van der Waals surface area contributed by atoms with Crippen molar-refractivity contribution >= 4 is 21.4 Å². The highest BCUT2D eigenvalue weighted by atomic mass is 35.5. The summed E-state index contributed by atoms with van der Waals surface area (Å²) in [6, 6.07) is 3.90. The summed E-state index contributed by atoms with van der Waals surface area (Å²) in [7, 11) is -3.03. The number of nitrogens with one attached hydrogen (secondary N) is 1. The Balaban J connectivity index is 2.15. The molecule has 0 bridgehead atoms. The molecule has 2 unspecified atom stereocenters. The Hall–Kier alpha value is -0.480. The Labute approximate surface area is 88.4 Å². The summed E-state index contributed by atoms with van der Waals surface area (Å²) < 4.78 is 22.0. The van der Waals surface area contributed by atoms with E-state index < -0.39 is 14.5 Å². The Morgan fingerprint density at radius 3 is 2.86 bits per heavy atom. The third-order valence-corrected chi connectivity index (χ3v) is 5.44. The van der Waals surface area contributed by atoms with Crippen molar-refractivity contribution in [3.63, 3.8) is 0 Å². The molecule has 78 valence electrons. The summed E-state index contributed by atoms with van der Waals surface area (Å²) in [5, 5.41) is 0. The molecule has 2 rings (SSSR count). The zero-order valence-corrected chi connectivity index (χ0v) is 9.18. The van der Waals surface area contributed by atoms with Crippen LogP contribution in [0.2, 0.25) is 0 Å². The zero-order valence-electron chi connectivity index (χ0n) is 7.61. The van der Waals surface area contributed by atoms with Gasteiger partial charge in [0.1, 0.15) is 4.71 Å². The van der Waals surface area contributed by atoms with Gasteiger partial charge in [-0.1, -0.05) is 0 Å². The maximum Gasteiger partial charge on any atom is 0.167 e. The molecule has 1 aromatic rings. The van der Waals surface area contributed by atoms with Crippen molar-refractivity contribution < 1.29 is 8.42 Å². The van der Waals surface area contributed by atoms with E-state index in [1.807, 2.05) is 18.3 Å². The average Bonchev–Trinajstić information content (AvgIpc) is 2.62. The lowest BCUT2D eigenvalue weighted by molar-refractivity contribution is 0.535. The molecule has 1 saturated heterocycles. The lowest BCUT2D eigenvalue weighted by atomic mass is 9.99. The van der Waals surface area contributed by atoms with E-state index in [2.05, 4.69) is 4.98 Å². The van der Waals surface area contributed by atoms with Gasteiger partial charge >= 0.3 is 0 Å². The van der Waals surface area contributed by atoms with Crippen molar-refractivity contribution in [2.45, 2.75) is 23.5 Å². The number of hydrogen-bond donors (Lipinski definition) is 1. The van der Waals surface area contributed by atoms with Crippen LogP contribution < -0.4 is 0 Å². The second-order valence-corrected chi connectivity index (χ2v) is 6.71. The molecule has 0 aromatic carbocycles. The van der Waals surface area contributed by atoms with Crippen molar-refractivity contribution in [2.24, 2.45) is 0 Å². The molecule has 2 atom stereocenters. The summed E-state index contributed by atoms with van der Waals surface area (Å²) in [5.41, 5.74) is 1.09. The second-order valence-electron chi connectivity index (χ2n) is 3.62. The molecular formula is C9H12ClNO2S. The van der Waals surface area contributed by atoms with E-state index in [4.69, 9.17) is 11.6 Å². The Bertz CT molecular complexity index is 398. The zero-order chi connectivity index (χ0) is 10.2. The predicted molar refractivity (Wildman–Crippen MR) is 56.2 cm³/mol. The summed E-state index contributed by atoms with van der Waals surface area (Å²) >= 11 is 5.82. The van der Waals surface area contributed by atoms with E-state index in [1.54, 1.807) is 0 Å². The third kappa shape index (κ3) is 1.81. The molecule has 0 spiro atoms. The average molecular weight is 234 g/mol. The predicted octanol–water partition coefficient (Wildman–Crippen LogP) is 1.87. The fraction of sp³-hybridized carbons (Fsp3) is 0.556. The Morgan fingerprint density at radius 1 is 1.50 bits per heavy atom. The normalized spacial score (nSPS) is 31.5. The maximum atomic E-state index is 11.4. The molecule has 0 amide bonds. The summed E-state index contributed by atoms with van der Waals surface area (Å²) in [6.45, 7) is 0. The van der Waals surface area contributed by atoms with E-state index in [9.17, 15) is 8.42 Å². The van der Waals surface area contributed by atoms with Crippen molar-refractivity contribution in [3.8, 4) is 0 Å². The van der Waals surface area contributed by atoms with Gasteiger partial charge in [0.2, 0.25) is 0 Å². The van der Waals surface area contributed by atoms with Crippen LogP contribution in [-0.2, 0) is 9.84 Å². The number of alkyl halides is 1. The minimum atomic E-state index is -3.03. The first-order valence-electron chi connectivity index (χ1n) is 4.58. The lowest BCUT2D eigenvalue weighted by Gasteiger charge is -2.24. The lowest BCUT2D eigenvalue weighted by Crippen LogP contribution is -2.28. The highest BCUT2D eigenvalue weighted by Gasteiger charge is 2.33. The van der Waals surface area contributed by atoms with E-state index in [0.29, 0.717) is 12.8 Å². The maximum absolute atomic E-state index is 11.4. The SMILES string of the molecule is O=S1(=O)CCC(c2ccc[nH]2)CC1Cl. The van der Waals surface area contributed by atoms with Gasteiger partial charge in [-0.05, 0) is 25.0 Å². The standard InChI is InChI=1S/C9H12ClNO2S/c10-9-6-7(3-5-14(9,12)13)8-2-1-4-11-8/h1-2,4,7,9,11H,3,5-6H2. The number of halogens is 1. The Kier molecular flexibility index (Phi) is 2.58. The van der Waals surface area contributed by atoms with Crippen LogP contribution in [0.25, 0.3) is 0 Å². The third-order valence-electron chi connectivity index (χ3n) is 2.67. The second kappa shape index (κ2) is 3.59. The van der Waals surface area contributed by atoms with E-state index in [1.165, 1.54) is 0 Å². The number of rotatable bonds is 1. The smallest absolute Gasteiger partial charge is 0.167 e. The van der Waals surface area contributed by atoms with Gasteiger partial charge in [0.25, 0.3) is 0 Å².